The Morgan fingerprint density at radius 1 is 1.24 bits per heavy atom. The molecule has 2 unspecified atom stereocenters. The second-order valence-electron chi connectivity index (χ2n) is 5.44. The Bertz CT molecular complexity index is 672. The van der Waals surface area contributed by atoms with Crippen molar-refractivity contribution in [3.63, 3.8) is 0 Å². The van der Waals surface area contributed by atoms with Gasteiger partial charge in [0.15, 0.2) is 0 Å². The minimum absolute atomic E-state index is 0.0734. The second kappa shape index (κ2) is 5.58. The molecule has 0 radical (unpaired) electrons. The van der Waals surface area contributed by atoms with Gasteiger partial charge in [-0.05, 0) is 37.7 Å². The van der Waals surface area contributed by atoms with E-state index in [1.807, 2.05) is 19.2 Å². The van der Waals surface area contributed by atoms with Crippen LogP contribution in [0.2, 0.25) is 5.02 Å². The van der Waals surface area contributed by atoms with Gasteiger partial charge in [-0.2, -0.15) is 0 Å². The van der Waals surface area contributed by atoms with Crippen LogP contribution in [0.15, 0.2) is 36.4 Å². The number of ether oxygens (including phenoxy) is 1. The Morgan fingerprint density at radius 2 is 2.05 bits per heavy atom. The van der Waals surface area contributed by atoms with E-state index in [0.717, 1.165) is 17.7 Å². The second-order valence-corrected chi connectivity index (χ2v) is 5.84. The van der Waals surface area contributed by atoms with Crippen LogP contribution >= 0.6 is 11.6 Å². The molecule has 0 aromatic heterocycles. The average Bonchev–Trinajstić information content (AvgIpc) is 2.49. The zero-order valence-corrected chi connectivity index (χ0v) is 12.8. The molecule has 0 saturated heterocycles. The maximum absolute atomic E-state index is 9.54. The fourth-order valence-electron chi connectivity index (χ4n) is 2.79. The van der Waals surface area contributed by atoms with E-state index in [0.29, 0.717) is 5.02 Å². The van der Waals surface area contributed by atoms with Crippen molar-refractivity contribution in [1.29, 1.82) is 0 Å². The van der Waals surface area contributed by atoms with Crippen molar-refractivity contribution in [3.05, 3.63) is 58.1 Å². The summed E-state index contributed by atoms with van der Waals surface area (Å²) in [5, 5.41) is 13.2. The largest absolute Gasteiger partial charge is 0.506 e. The molecule has 0 fully saturated rings. The van der Waals surface area contributed by atoms with E-state index in [4.69, 9.17) is 16.3 Å². The maximum Gasteiger partial charge on any atom is 0.134 e. The highest BCUT2D eigenvalue weighted by atomic mass is 35.5. The highest BCUT2D eigenvalue weighted by Gasteiger charge is 2.28. The monoisotopic (exact) mass is 303 g/mol. The Hall–Kier alpha value is -1.71. The van der Waals surface area contributed by atoms with Gasteiger partial charge in [-0.25, -0.2) is 0 Å². The van der Waals surface area contributed by atoms with Crippen molar-refractivity contribution in [2.24, 2.45) is 0 Å². The maximum atomic E-state index is 9.54. The minimum Gasteiger partial charge on any atom is -0.506 e. The first-order chi connectivity index (χ1) is 10.1. The summed E-state index contributed by atoms with van der Waals surface area (Å²) in [6, 6.07) is 11.7. The number of phenols is 1. The molecular formula is C17H18ClNO2. The first-order valence-corrected chi connectivity index (χ1v) is 7.39. The zero-order valence-electron chi connectivity index (χ0n) is 12.1. The van der Waals surface area contributed by atoms with Gasteiger partial charge in [-0.3, -0.25) is 0 Å². The van der Waals surface area contributed by atoms with E-state index in [2.05, 4.69) is 24.4 Å². The van der Waals surface area contributed by atoms with Gasteiger partial charge in [0.25, 0.3) is 0 Å². The van der Waals surface area contributed by atoms with Crippen molar-refractivity contribution in [2.45, 2.75) is 25.5 Å². The molecule has 3 nitrogen and oxygen atoms in total. The number of fused-ring (bicyclic) bond motifs is 1. The van der Waals surface area contributed by atoms with Gasteiger partial charge in [-0.15, -0.1) is 0 Å². The fourth-order valence-corrected chi connectivity index (χ4v) is 2.98. The molecule has 0 amide bonds. The summed E-state index contributed by atoms with van der Waals surface area (Å²) in [7, 11) is 1.96. The van der Waals surface area contributed by atoms with E-state index >= 15 is 0 Å². The van der Waals surface area contributed by atoms with E-state index in [9.17, 15) is 5.11 Å². The Kier molecular flexibility index (Phi) is 3.79. The van der Waals surface area contributed by atoms with Crippen molar-refractivity contribution in [3.8, 4) is 11.5 Å². The lowest BCUT2D eigenvalue weighted by atomic mass is 9.92. The van der Waals surface area contributed by atoms with Crippen LogP contribution in [0.4, 0.5) is 0 Å². The van der Waals surface area contributed by atoms with Gasteiger partial charge in [-0.1, -0.05) is 35.4 Å². The predicted molar refractivity (Wildman–Crippen MR) is 84.1 cm³/mol. The number of halogens is 1. The zero-order chi connectivity index (χ0) is 15.0. The van der Waals surface area contributed by atoms with Crippen LogP contribution in [0.25, 0.3) is 0 Å². The first kappa shape index (κ1) is 14.2. The smallest absolute Gasteiger partial charge is 0.134 e. The van der Waals surface area contributed by atoms with Crippen molar-refractivity contribution in [2.75, 3.05) is 7.05 Å². The van der Waals surface area contributed by atoms with Crippen LogP contribution < -0.4 is 10.1 Å². The quantitative estimate of drug-likeness (QED) is 0.876. The van der Waals surface area contributed by atoms with Crippen molar-refractivity contribution < 1.29 is 9.84 Å². The average molecular weight is 304 g/mol. The Labute approximate surface area is 129 Å². The molecular weight excluding hydrogens is 286 g/mol. The van der Waals surface area contributed by atoms with Crippen LogP contribution in [-0.4, -0.2) is 12.2 Å². The summed E-state index contributed by atoms with van der Waals surface area (Å²) in [6.07, 6.45) is 0.754. The van der Waals surface area contributed by atoms with E-state index in [1.54, 1.807) is 12.1 Å². The Balaban J connectivity index is 1.96. The molecule has 2 N–H and O–H groups in total. The van der Waals surface area contributed by atoms with Crippen LogP contribution in [-0.2, 0) is 0 Å². The fraction of sp³-hybridized carbons (Fsp3) is 0.294. The molecule has 2 atom stereocenters. The summed E-state index contributed by atoms with van der Waals surface area (Å²) < 4.78 is 6.12. The summed E-state index contributed by atoms with van der Waals surface area (Å²) in [5.74, 6) is 0.998. The summed E-state index contributed by atoms with van der Waals surface area (Å²) in [4.78, 5) is 0. The van der Waals surface area contributed by atoms with Crippen LogP contribution in [0.5, 0.6) is 11.5 Å². The lowest BCUT2D eigenvalue weighted by Crippen LogP contribution is -2.26. The highest BCUT2D eigenvalue weighted by Crippen LogP contribution is 2.42. The van der Waals surface area contributed by atoms with E-state index < -0.39 is 0 Å². The summed E-state index contributed by atoms with van der Waals surface area (Å²) >= 11 is 6.00. The van der Waals surface area contributed by atoms with E-state index in [-0.39, 0.29) is 17.9 Å². The lowest BCUT2D eigenvalue weighted by molar-refractivity contribution is 0.154. The van der Waals surface area contributed by atoms with Gasteiger partial charge in [0.2, 0.25) is 0 Å². The molecule has 2 aromatic carbocycles. The molecule has 1 aliphatic heterocycles. The highest BCUT2D eigenvalue weighted by molar-refractivity contribution is 6.32. The third kappa shape index (κ3) is 2.71. The van der Waals surface area contributed by atoms with Crippen LogP contribution in [0, 0.1) is 6.92 Å². The third-order valence-electron chi connectivity index (χ3n) is 3.95. The molecule has 0 bridgehead atoms. The molecule has 3 rings (SSSR count). The number of hydrogen-bond donors (Lipinski definition) is 2. The number of phenolic OH excluding ortho intramolecular Hbond substituents is 1. The number of rotatable bonds is 2. The standard InChI is InChI=1S/C17H18ClNO2/c1-10-3-6-16-12(7-10)14(19-2)9-17(21-16)11-4-5-15(20)13(18)8-11/h3-8,14,17,19-20H,9H2,1-2H3. The minimum atomic E-state index is -0.0734. The van der Waals surface area contributed by atoms with Crippen LogP contribution in [0.1, 0.15) is 35.3 Å². The number of hydrogen-bond acceptors (Lipinski definition) is 3. The number of nitrogens with one attached hydrogen (secondary N) is 1. The molecule has 4 heteroatoms. The third-order valence-corrected chi connectivity index (χ3v) is 4.25. The molecule has 2 aromatic rings. The van der Waals surface area contributed by atoms with Gasteiger partial charge >= 0.3 is 0 Å². The molecule has 110 valence electrons. The summed E-state index contributed by atoms with van der Waals surface area (Å²) in [5.41, 5.74) is 3.40. The number of benzene rings is 2. The molecule has 0 aliphatic carbocycles. The SMILES string of the molecule is CNC1CC(c2ccc(O)c(Cl)c2)Oc2ccc(C)cc21. The molecule has 1 aliphatic rings. The predicted octanol–water partition coefficient (Wildman–Crippen LogP) is 4.14. The number of aromatic hydroxyl groups is 1. The van der Waals surface area contributed by atoms with Gasteiger partial charge < -0.3 is 15.2 Å². The lowest BCUT2D eigenvalue weighted by Gasteiger charge is -2.32. The molecule has 0 saturated carbocycles. The molecule has 1 heterocycles. The van der Waals surface area contributed by atoms with Crippen molar-refractivity contribution in [1.82, 2.24) is 5.32 Å². The van der Waals surface area contributed by atoms with Gasteiger partial charge in [0.1, 0.15) is 17.6 Å². The van der Waals surface area contributed by atoms with Gasteiger partial charge in [0, 0.05) is 18.0 Å². The topological polar surface area (TPSA) is 41.5 Å². The van der Waals surface area contributed by atoms with Crippen LogP contribution in [0.3, 0.4) is 0 Å². The number of aryl methyl sites for hydroxylation is 1. The summed E-state index contributed by atoms with van der Waals surface area (Å²) in [6.45, 7) is 2.08. The van der Waals surface area contributed by atoms with Crippen molar-refractivity contribution >= 4 is 11.6 Å². The Morgan fingerprint density at radius 3 is 2.76 bits per heavy atom. The molecule has 0 spiro atoms. The molecule has 21 heavy (non-hydrogen) atoms. The van der Waals surface area contributed by atoms with Gasteiger partial charge in [0.05, 0.1) is 5.02 Å². The van der Waals surface area contributed by atoms with E-state index in [1.165, 1.54) is 11.1 Å². The first-order valence-electron chi connectivity index (χ1n) is 7.01. The normalized spacial score (nSPS) is 20.7.